The molecule has 0 radical (unpaired) electrons. The molecule has 0 saturated heterocycles. The monoisotopic (exact) mass is 241 g/mol. The smallest absolute Gasteiger partial charge is 0.0167 e. The molecule has 1 N–H and O–H groups in total. The fraction of sp³-hybridized carbons (Fsp3) is 0.625. The molecule has 0 amide bonds. The highest BCUT2D eigenvalue weighted by Gasteiger charge is 1.89. The lowest BCUT2D eigenvalue weighted by Crippen LogP contribution is -1.89. The van der Waals surface area contributed by atoms with Crippen molar-refractivity contribution in [3.8, 4) is 0 Å². The minimum absolute atomic E-state index is 1.07. The van der Waals surface area contributed by atoms with Crippen LogP contribution >= 0.6 is 0 Å². The summed E-state index contributed by atoms with van der Waals surface area (Å²) in [6.07, 6.45) is 7.26. The van der Waals surface area contributed by atoms with Crippen LogP contribution in [-0.2, 0) is 0 Å². The van der Waals surface area contributed by atoms with Crippen LogP contribution in [0.25, 0.3) is 0 Å². The molecule has 0 aromatic heterocycles. The van der Waals surface area contributed by atoms with Crippen LogP contribution in [0.1, 0.15) is 54.9 Å². The summed E-state index contributed by atoms with van der Waals surface area (Å²) in [4.78, 5) is 0. The molecule has 0 aliphatic heterocycles. The third kappa shape index (κ3) is 31.3. The first-order valence-corrected chi connectivity index (χ1v) is 6.70. The molecule has 0 heterocycles. The van der Waals surface area contributed by atoms with E-state index in [4.69, 9.17) is 0 Å². The maximum absolute atomic E-state index is 3.88. The van der Waals surface area contributed by atoms with Gasteiger partial charge in [-0.2, -0.15) is 0 Å². The molecule has 0 rings (SSSR count). The molecule has 1 nitrogen and oxygen atoms in total. The van der Waals surface area contributed by atoms with E-state index in [-0.39, 0.29) is 0 Å². The predicted molar refractivity (Wildman–Crippen MR) is 85.7 cm³/mol. The molecule has 0 aromatic rings. The molecule has 0 unspecified atom stereocenters. The van der Waals surface area contributed by atoms with E-state index >= 15 is 0 Å². The normalized spacial score (nSPS) is 9.12. The van der Waals surface area contributed by atoms with Crippen LogP contribution in [0.5, 0.6) is 0 Å². The van der Waals surface area contributed by atoms with Crippen LogP contribution in [0.2, 0.25) is 0 Å². The molecule has 0 aliphatic rings. The molecular weight excluding hydrogens is 206 g/mol. The van der Waals surface area contributed by atoms with Gasteiger partial charge in [0.25, 0.3) is 0 Å². The van der Waals surface area contributed by atoms with E-state index in [2.05, 4.69) is 24.9 Å². The molecule has 0 spiro atoms. The summed E-state index contributed by atoms with van der Waals surface area (Å²) >= 11 is 0. The van der Waals surface area contributed by atoms with Crippen LogP contribution in [0, 0.1) is 0 Å². The molecule has 0 aliphatic carbocycles. The van der Waals surface area contributed by atoms with Crippen molar-refractivity contribution in [2.75, 3.05) is 14.1 Å². The molecule has 104 valence electrons. The van der Waals surface area contributed by atoms with Gasteiger partial charge in [0.2, 0.25) is 0 Å². The zero-order chi connectivity index (χ0) is 14.7. The summed E-state index contributed by atoms with van der Waals surface area (Å²) in [7, 11) is 3.75. The predicted octanol–water partition coefficient (Wildman–Crippen LogP) is 5.36. The minimum Gasteiger partial charge on any atom is -0.323 e. The fourth-order valence-corrected chi connectivity index (χ4v) is 0.774. The number of hydrogen-bond acceptors (Lipinski definition) is 1. The van der Waals surface area contributed by atoms with Gasteiger partial charge in [-0.1, -0.05) is 65.0 Å². The van der Waals surface area contributed by atoms with Gasteiger partial charge in [0, 0.05) is 0 Å². The molecule has 17 heavy (non-hydrogen) atoms. The van der Waals surface area contributed by atoms with E-state index in [1.165, 1.54) is 11.1 Å². The van der Waals surface area contributed by atoms with Crippen molar-refractivity contribution in [2.24, 2.45) is 0 Å². The first-order chi connectivity index (χ1) is 8.13. The first-order valence-electron chi connectivity index (χ1n) is 6.70. The number of nitrogens with one attached hydrogen (secondary N) is 1. The average Bonchev–Trinajstić information content (AvgIpc) is 2.36. The van der Waals surface area contributed by atoms with E-state index in [1.54, 1.807) is 0 Å². The highest BCUT2D eigenvalue weighted by molar-refractivity contribution is 5.29. The number of allylic oxidation sites excluding steroid dienone is 5. The van der Waals surface area contributed by atoms with Gasteiger partial charge in [0.15, 0.2) is 0 Å². The summed E-state index contributed by atoms with van der Waals surface area (Å²) < 4.78 is 0. The third-order valence-corrected chi connectivity index (χ3v) is 1.42. The van der Waals surface area contributed by atoms with Crippen LogP contribution in [0.3, 0.4) is 0 Å². The number of rotatable bonds is 3. The third-order valence-electron chi connectivity index (χ3n) is 1.42. The lowest BCUT2D eigenvalue weighted by molar-refractivity contribution is 1.02. The second kappa shape index (κ2) is 29.5. The highest BCUT2D eigenvalue weighted by atomic mass is 14.7. The van der Waals surface area contributed by atoms with Crippen molar-refractivity contribution in [1.82, 2.24) is 5.32 Å². The summed E-state index contributed by atoms with van der Waals surface area (Å²) in [5.41, 5.74) is 2.50. The lowest BCUT2D eigenvalue weighted by Gasteiger charge is -1.99. The molecule has 0 atom stereocenters. The Kier molecular flexibility index (Phi) is 43.5. The van der Waals surface area contributed by atoms with E-state index in [0.29, 0.717) is 0 Å². The topological polar surface area (TPSA) is 12.0 Å². The van der Waals surface area contributed by atoms with E-state index in [9.17, 15) is 0 Å². The van der Waals surface area contributed by atoms with Gasteiger partial charge < -0.3 is 5.32 Å². The Bertz CT molecular complexity index is 176. The lowest BCUT2D eigenvalue weighted by atomic mass is 10.1. The van der Waals surface area contributed by atoms with E-state index in [1.807, 2.05) is 67.8 Å². The number of hydrogen-bond donors (Lipinski definition) is 1. The van der Waals surface area contributed by atoms with Crippen molar-refractivity contribution >= 4 is 0 Å². The molecule has 0 aromatic carbocycles. The first kappa shape index (κ1) is 25.1. The summed E-state index contributed by atoms with van der Waals surface area (Å²) in [6, 6.07) is 0. The van der Waals surface area contributed by atoms with Crippen LogP contribution in [0.4, 0.5) is 0 Å². The minimum atomic E-state index is 1.07. The van der Waals surface area contributed by atoms with E-state index < -0.39 is 0 Å². The van der Waals surface area contributed by atoms with Crippen LogP contribution < -0.4 is 5.32 Å². The fourth-order valence-electron chi connectivity index (χ4n) is 0.774. The van der Waals surface area contributed by atoms with Crippen LogP contribution in [0.15, 0.2) is 36.0 Å². The van der Waals surface area contributed by atoms with Gasteiger partial charge in [0.1, 0.15) is 0 Å². The quantitative estimate of drug-likeness (QED) is 0.656. The SMILES string of the molecule is C=C(C)/C(=C/C=C\C)CC.CC.CC.CNC. The maximum Gasteiger partial charge on any atom is -0.0167 e. The second-order valence-electron chi connectivity index (χ2n) is 2.85. The summed E-state index contributed by atoms with van der Waals surface area (Å²) in [6.45, 7) is 18.1. The Morgan fingerprint density at radius 1 is 1.12 bits per heavy atom. The average molecular weight is 241 g/mol. The maximum atomic E-state index is 3.88. The molecular formula is C16H35N. The van der Waals surface area contributed by atoms with Crippen molar-refractivity contribution < 1.29 is 0 Å². The largest absolute Gasteiger partial charge is 0.323 e. The second-order valence-corrected chi connectivity index (χ2v) is 2.85. The van der Waals surface area contributed by atoms with Gasteiger partial charge in [-0.05, 0) is 39.9 Å². The Hall–Kier alpha value is -0.820. The molecule has 0 bridgehead atoms. The van der Waals surface area contributed by atoms with E-state index in [0.717, 1.165) is 6.42 Å². The Labute approximate surface area is 111 Å². The summed E-state index contributed by atoms with van der Waals surface area (Å²) in [5.74, 6) is 0. The summed E-state index contributed by atoms with van der Waals surface area (Å²) in [5, 5.41) is 2.75. The van der Waals surface area contributed by atoms with Gasteiger partial charge in [0.05, 0.1) is 0 Å². The van der Waals surface area contributed by atoms with Gasteiger partial charge >= 0.3 is 0 Å². The van der Waals surface area contributed by atoms with Crippen molar-refractivity contribution in [1.29, 1.82) is 0 Å². The zero-order valence-corrected chi connectivity index (χ0v) is 13.6. The molecule has 0 fully saturated rings. The standard InChI is InChI=1S/C10H16.C2H7N.2C2H6/c1-5-7-8-10(6-2)9(3)4;1-3-2;2*1-2/h5,7-8H,3,6H2,1-2,4H3;3H,1-2H3;2*1-2H3/b7-5-,10-8+;;;. The van der Waals surface area contributed by atoms with Crippen molar-refractivity contribution in [2.45, 2.75) is 54.9 Å². The van der Waals surface area contributed by atoms with Crippen molar-refractivity contribution in [3.05, 3.63) is 36.0 Å². The van der Waals surface area contributed by atoms with Crippen molar-refractivity contribution in [3.63, 3.8) is 0 Å². The van der Waals surface area contributed by atoms with Gasteiger partial charge in [-0.15, -0.1) is 0 Å². The van der Waals surface area contributed by atoms with Crippen LogP contribution in [-0.4, -0.2) is 14.1 Å². The Morgan fingerprint density at radius 3 is 1.65 bits per heavy atom. The Morgan fingerprint density at radius 2 is 1.47 bits per heavy atom. The molecule has 0 saturated carbocycles. The van der Waals surface area contributed by atoms with Gasteiger partial charge in [-0.25, -0.2) is 0 Å². The van der Waals surface area contributed by atoms with Gasteiger partial charge in [-0.3, -0.25) is 0 Å². The zero-order valence-electron chi connectivity index (χ0n) is 13.6. The highest BCUT2D eigenvalue weighted by Crippen LogP contribution is 2.10. The Balaban J connectivity index is -0.000000102. The molecule has 1 heteroatoms.